The van der Waals surface area contributed by atoms with Crippen LogP contribution in [0.3, 0.4) is 0 Å². The lowest BCUT2D eigenvalue weighted by Gasteiger charge is -2.17. The second-order valence-corrected chi connectivity index (χ2v) is 3.73. The summed E-state index contributed by atoms with van der Waals surface area (Å²) >= 11 is 11.2. The lowest BCUT2D eigenvalue weighted by atomic mass is 10.1. The van der Waals surface area contributed by atoms with Gasteiger partial charge in [0.25, 0.3) is 0 Å². The molecule has 0 aliphatic heterocycles. The first kappa shape index (κ1) is 12.4. The number of nitrogen functional groups attached to an aromatic ring is 1. The van der Waals surface area contributed by atoms with E-state index < -0.39 is 12.2 Å². The van der Waals surface area contributed by atoms with Crippen molar-refractivity contribution in [3.63, 3.8) is 0 Å². The molecule has 0 aromatic heterocycles. The molecule has 0 bridgehead atoms. The van der Waals surface area contributed by atoms with Gasteiger partial charge in [-0.25, -0.2) is 0 Å². The number of nitrogens with two attached hydrogens (primary N) is 2. The fourth-order valence-corrected chi connectivity index (χ4v) is 1.48. The van der Waals surface area contributed by atoms with E-state index in [1.54, 1.807) is 0 Å². The van der Waals surface area contributed by atoms with Crippen molar-refractivity contribution in [3.05, 3.63) is 27.7 Å². The zero-order valence-electron chi connectivity index (χ0n) is 7.28. The van der Waals surface area contributed by atoms with E-state index in [2.05, 4.69) is 0 Å². The molecule has 1 atom stereocenters. The van der Waals surface area contributed by atoms with Gasteiger partial charge in [-0.3, -0.25) is 0 Å². The minimum Gasteiger partial charge on any atom is -0.396 e. The van der Waals surface area contributed by atoms with E-state index in [1.807, 2.05) is 0 Å². The Morgan fingerprint density at radius 1 is 1.13 bits per heavy atom. The van der Waals surface area contributed by atoms with E-state index in [-0.39, 0.29) is 21.3 Å². The third-order valence-corrected chi connectivity index (χ3v) is 2.44. The van der Waals surface area contributed by atoms with E-state index in [4.69, 9.17) is 34.7 Å². The van der Waals surface area contributed by atoms with E-state index in [0.29, 0.717) is 0 Å². The van der Waals surface area contributed by atoms with Crippen molar-refractivity contribution in [3.8, 4) is 0 Å². The van der Waals surface area contributed by atoms with Gasteiger partial charge in [-0.15, -0.1) is 0 Å². The van der Waals surface area contributed by atoms with Gasteiger partial charge in [-0.1, -0.05) is 23.2 Å². The number of hydrogen-bond acceptors (Lipinski definition) is 2. The average molecular weight is 259 g/mol. The molecule has 0 aliphatic rings. The zero-order chi connectivity index (χ0) is 11.8. The van der Waals surface area contributed by atoms with Crippen LogP contribution < -0.4 is 11.5 Å². The highest BCUT2D eigenvalue weighted by Crippen LogP contribution is 2.36. The molecule has 1 rings (SSSR count). The summed E-state index contributed by atoms with van der Waals surface area (Å²) in [6.07, 6.45) is -4.54. The molecule has 7 heteroatoms. The van der Waals surface area contributed by atoms with Crippen molar-refractivity contribution in [2.75, 3.05) is 5.73 Å². The van der Waals surface area contributed by atoms with Crippen molar-refractivity contribution < 1.29 is 13.2 Å². The molecule has 84 valence electrons. The number of alkyl halides is 3. The lowest BCUT2D eigenvalue weighted by molar-refractivity contribution is -0.149. The molecule has 0 aliphatic carbocycles. The van der Waals surface area contributed by atoms with Crippen molar-refractivity contribution in [1.29, 1.82) is 0 Å². The van der Waals surface area contributed by atoms with E-state index >= 15 is 0 Å². The molecule has 2 nitrogen and oxygen atoms in total. The molecule has 15 heavy (non-hydrogen) atoms. The number of halogens is 5. The first-order chi connectivity index (χ1) is 6.73. The zero-order valence-corrected chi connectivity index (χ0v) is 8.79. The van der Waals surface area contributed by atoms with Crippen LogP contribution in [0.5, 0.6) is 0 Å². The Morgan fingerprint density at radius 3 is 1.87 bits per heavy atom. The number of benzene rings is 1. The van der Waals surface area contributed by atoms with Crippen molar-refractivity contribution in [2.24, 2.45) is 5.73 Å². The maximum Gasteiger partial charge on any atom is 0.407 e. The quantitative estimate of drug-likeness (QED) is 0.761. The molecule has 0 saturated carbocycles. The summed E-state index contributed by atoms with van der Waals surface area (Å²) in [4.78, 5) is 0. The normalized spacial score (nSPS) is 14.0. The molecular formula is C8H7Cl2F3N2. The van der Waals surface area contributed by atoms with Gasteiger partial charge in [0.2, 0.25) is 0 Å². The fraction of sp³-hybridized carbons (Fsp3) is 0.250. The second kappa shape index (κ2) is 4.08. The summed E-state index contributed by atoms with van der Waals surface area (Å²) < 4.78 is 36.8. The van der Waals surface area contributed by atoms with Crippen LogP contribution in [0.2, 0.25) is 10.0 Å². The van der Waals surface area contributed by atoms with E-state index in [1.165, 1.54) is 0 Å². The van der Waals surface area contributed by atoms with Gasteiger partial charge in [0.15, 0.2) is 0 Å². The molecular weight excluding hydrogens is 252 g/mol. The molecule has 0 amide bonds. The Bertz CT molecular complexity index is 356. The summed E-state index contributed by atoms with van der Waals surface area (Å²) in [7, 11) is 0. The lowest BCUT2D eigenvalue weighted by Crippen LogP contribution is -2.28. The summed E-state index contributed by atoms with van der Waals surface area (Å²) in [5.41, 5.74) is 10.2. The Hall–Kier alpha value is -0.650. The van der Waals surface area contributed by atoms with Crippen LogP contribution in [0.4, 0.5) is 18.9 Å². The van der Waals surface area contributed by atoms with Crippen molar-refractivity contribution in [2.45, 2.75) is 12.2 Å². The van der Waals surface area contributed by atoms with Crippen molar-refractivity contribution in [1.82, 2.24) is 0 Å². The average Bonchev–Trinajstić information content (AvgIpc) is 2.10. The van der Waals surface area contributed by atoms with Crippen molar-refractivity contribution >= 4 is 28.9 Å². The third kappa shape index (κ3) is 2.68. The molecule has 1 unspecified atom stereocenters. The molecule has 0 heterocycles. The second-order valence-electron chi connectivity index (χ2n) is 2.92. The monoisotopic (exact) mass is 258 g/mol. The Balaban J connectivity index is 3.17. The summed E-state index contributed by atoms with van der Waals surface area (Å²) in [5.74, 6) is 0. The van der Waals surface area contributed by atoms with Crippen LogP contribution in [-0.4, -0.2) is 6.18 Å². The molecule has 0 saturated heterocycles. The Kier molecular flexibility index (Phi) is 3.38. The number of rotatable bonds is 1. The molecule has 0 fully saturated rings. The maximum atomic E-state index is 12.3. The van der Waals surface area contributed by atoms with Crippen LogP contribution in [-0.2, 0) is 0 Å². The Labute approximate surface area is 93.9 Å². The minimum absolute atomic E-state index is 0.0384. The first-order valence-electron chi connectivity index (χ1n) is 3.80. The van der Waals surface area contributed by atoms with Gasteiger partial charge in [-0.05, 0) is 17.7 Å². The number of hydrogen-bond donors (Lipinski definition) is 2. The molecule has 1 aromatic rings. The molecule has 0 radical (unpaired) electrons. The molecule has 0 spiro atoms. The molecule has 1 aromatic carbocycles. The maximum absolute atomic E-state index is 12.3. The van der Waals surface area contributed by atoms with Gasteiger partial charge in [0.05, 0.1) is 15.7 Å². The fourth-order valence-electron chi connectivity index (χ4n) is 0.972. The highest BCUT2D eigenvalue weighted by atomic mass is 35.5. The smallest absolute Gasteiger partial charge is 0.396 e. The van der Waals surface area contributed by atoms with Crippen LogP contribution in [0.15, 0.2) is 12.1 Å². The minimum atomic E-state index is -4.54. The Morgan fingerprint density at radius 2 is 1.53 bits per heavy atom. The SMILES string of the molecule is Nc1c(Cl)cc(C(N)C(F)(F)F)cc1Cl. The number of anilines is 1. The summed E-state index contributed by atoms with van der Waals surface area (Å²) in [6, 6.07) is -0.00455. The van der Waals surface area contributed by atoms with Crippen LogP contribution >= 0.6 is 23.2 Å². The summed E-state index contributed by atoms with van der Waals surface area (Å²) in [6.45, 7) is 0. The van der Waals surface area contributed by atoms with Gasteiger partial charge < -0.3 is 11.5 Å². The van der Waals surface area contributed by atoms with Crippen LogP contribution in [0, 0.1) is 0 Å². The highest BCUT2D eigenvalue weighted by Gasteiger charge is 2.38. The molecule has 4 N–H and O–H groups in total. The predicted octanol–water partition coefficient (Wildman–Crippen LogP) is 3.14. The van der Waals surface area contributed by atoms with Gasteiger partial charge >= 0.3 is 6.18 Å². The largest absolute Gasteiger partial charge is 0.407 e. The predicted molar refractivity (Wildman–Crippen MR) is 53.9 cm³/mol. The van der Waals surface area contributed by atoms with Gasteiger partial charge in [0, 0.05) is 0 Å². The van der Waals surface area contributed by atoms with Crippen LogP contribution in [0.1, 0.15) is 11.6 Å². The first-order valence-corrected chi connectivity index (χ1v) is 4.55. The topological polar surface area (TPSA) is 52.0 Å². The highest BCUT2D eigenvalue weighted by molar-refractivity contribution is 6.38. The van der Waals surface area contributed by atoms with Gasteiger partial charge in [-0.2, -0.15) is 13.2 Å². The van der Waals surface area contributed by atoms with E-state index in [9.17, 15) is 13.2 Å². The summed E-state index contributed by atoms with van der Waals surface area (Å²) in [5, 5.41) is -0.0885. The van der Waals surface area contributed by atoms with E-state index in [0.717, 1.165) is 12.1 Å². The van der Waals surface area contributed by atoms with Crippen LogP contribution in [0.25, 0.3) is 0 Å². The van der Waals surface area contributed by atoms with Gasteiger partial charge in [0.1, 0.15) is 6.04 Å². The third-order valence-electron chi connectivity index (χ3n) is 1.81. The standard InChI is InChI=1S/C8H7Cl2F3N2/c9-4-1-3(2-5(10)6(4)14)7(15)8(11,12)13/h1-2,7H,14-15H2.